The van der Waals surface area contributed by atoms with E-state index in [4.69, 9.17) is 4.74 Å². The van der Waals surface area contributed by atoms with Gasteiger partial charge in [-0.2, -0.15) is 0 Å². The minimum Gasteiger partial charge on any atom is -0.491 e. The third kappa shape index (κ3) is 6.33. The zero-order chi connectivity index (χ0) is 19.6. The quantitative estimate of drug-likeness (QED) is 0.663. The molecule has 2 aromatic rings. The van der Waals surface area contributed by atoms with Gasteiger partial charge in [-0.3, -0.25) is 9.59 Å². The lowest BCUT2D eigenvalue weighted by Gasteiger charge is -2.14. The van der Waals surface area contributed by atoms with E-state index in [1.54, 1.807) is 32.3 Å². The van der Waals surface area contributed by atoms with Crippen molar-refractivity contribution in [2.24, 2.45) is 0 Å². The predicted molar refractivity (Wildman–Crippen MR) is 108 cm³/mol. The van der Waals surface area contributed by atoms with Gasteiger partial charge in [-0.15, -0.1) is 0 Å². The van der Waals surface area contributed by atoms with Crippen LogP contribution in [-0.2, 0) is 4.79 Å². The van der Waals surface area contributed by atoms with Gasteiger partial charge in [-0.05, 0) is 36.8 Å². The van der Waals surface area contributed by atoms with Crippen LogP contribution < -0.4 is 15.4 Å². The number of hydrogen-bond acceptors (Lipinski definition) is 4. The fraction of sp³-hybridized carbons (Fsp3) is 0.333. The smallest absolute Gasteiger partial charge is 0.253 e. The summed E-state index contributed by atoms with van der Waals surface area (Å²) in [5, 5.41) is 5.91. The van der Waals surface area contributed by atoms with Crippen molar-refractivity contribution in [2.45, 2.75) is 19.8 Å². The van der Waals surface area contributed by atoms with E-state index in [-0.39, 0.29) is 18.4 Å². The summed E-state index contributed by atoms with van der Waals surface area (Å²) in [5.74, 6) is 0.394. The van der Waals surface area contributed by atoms with Crippen molar-refractivity contribution >= 4 is 23.2 Å². The molecular formula is C21H27N3O3. The van der Waals surface area contributed by atoms with E-state index in [9.17, 15) is 9.59 Å². The fourth-order valence-electron chi connectivity index (χ4n) is 2.42. The van der Waals surface area contributed by atoms with Crippen LogP contribution in [0.2, 0.25) is 0 Å². The third-order valence-corrected chi connectivity index (χ3v) is 3.89. The van der Waals surface area contributed by atoms with Crippen LogP contribution >= 0.6 is 0 Å². The summed E-state index contributed by atoms with van der Waals surface area (Å²) >= 11 is 0. The summed E-state index contributed by atoms with van der Waals surface area (Å²) in [6.07, 6.45) is 2.01. The molecule has 0 fully saturated rings. The summed E-state index contributed by atoms with van der Waals surface area (Å²) in [6, 6.07) is 14.5. The number of para-hydroxylation sites is 2. The second kappa shape index (κ2) is 10.2. The number of ether oxygens (including phenoxy) is 1. The molecule has 0 atom stereocenters. The van der Waals surface area contributed by atoms with E-state index in [0.29, 0.717) is 29.3 Å². The minimum atomic E-state index is -0.189. The van der Waals surface area contributed by atoms with Crippen molar-refractivity contribution in [2.75, 3.05) is 37.9 Å². The van der Waals surface area contributed by atoms with E-state index in [0.717, 1.165) is 12.8 Å². The fourth-order valence-corrected chi connectivity index (χ4v) is 2.42. The number of unbranched alkanes of at least 4 members (excludes halogenated alkanes) is 1. The SMILES string of the molecule is CCCCOc1ccccc1NC(=O)CNc1cccc(C(=O)N(C)C)c1. The molecule has 0 aliphatic rings. The zero-order valence-corrected chi connectivity index (χ0v) is 16.1. The predicted octanol–water partition coefficient (Wildman–Crippen LogP) is 3.62. The first-order chi connectivity index (χ1) is 13.0. The number of anilines is 2. The summed E-state index contributed by atoms with van der Waals surface area (Å²) in [7, 11) is 3.41. The molecule has 0 aliphatic carbocycles. The van der Waals surface area contributed by atoms with Crippen LogP contribution in [0.4, 0.5) is 11.4 Å². The lowest BCUT2D eigenvalue weighted by molar-refractivity contribution is -0.114. The van der Waals surface area contributed by atoms with Gasteiger partial charge in [-0.25, -0.2) is 0 Å². The average Bonchev–Trinajstić information content (AvgIpc) is 2.67. The minimum absolute atomic E-state index is 0.0822. The highest BCUT2D eigenvalue weighted by atomic mass is 16.5. The number of amides is 2. The van der Waals surface area contributed by atoms with Gasteiger partial charge >= 0.3 is 0 Å². The average molecular weight is 369 g/mol. The number of rotatable bonds is 9. The van der Waals surface area contributed by atoms with Crippen molar-refractivity contribution < 1.29 is 14.3 Å². The first kappa shape index (κ1) is 20.3. The van der Waals surface area contributed by atoms with E-state index in [2.05, 4.69) is 17.6 Å². The topological polar surface area (TPSA) is 70.7 Å². The number of nitrogens with one attached hydrogen (secondary N) is 2. The van der Waals surface area contributed by atoms with Crippen LogP contribution in [0.25, 0.3) is 0 Å². The summed E-state index contributed by atoms with van der Waals surface area (Å²) in [4.78, 5) is 25.8. The van der Waals surface area contributed by atoms with Crippen LogP contribution in [0, 0.1) is 0 Å². The van der Waals surface area contributed by atoms with Crippen LogP contribution in [0.5, 0.6) is 5.75 Å². The van der Waals surface area contributed by atoms with Crippen molar-refractivity contribution in [3.63, 3.8) is 0 Å². The standard InChI is InChI=1S/C21H27N3O3/c1-4-5-13-27-19-12-7-6-11-18(19)23-20(25)15-22-17-10-8-9-16(14-17)21(26)24(2)3/h6-12,14,22H,4-5,13,15H2,1-3H3,(H,23,25). The van der Waals surface area contributed by atoms with E-state index < -0.39 is 0 Å². The molecule has 0 radical (unpaired) electrons. The largest absolute Gasteiger partial charge is 0.491 e. The Morgan fingerprint density at radius 2 is 1.85 bits per heavy atom. The summed E-state index contributed by atoms with van der Waals surface area (Å²) < 4.78 is 5.73. The maximum Gasteiger partial charge on any atom is 0.253 e. The highest BCUT2D eigenvalue weighted by Crippen LogP contribution is 2.24. The zero-order valence-electron chi connectivity index (χ0n) is 16.1. The first-order valence-electron chi connectivity index (χ1n) is 9.08. The van der Waals surface area contributed by atoms with E-state index in [1.807, 2.05) is 30.3 Å². The molecule has 0 unspecified atom stereocenters. The van der Waals surface area contributed by atoms with Gasteiger partial charge in [0.25, 0.3) is 5.91 Å². The molecule has 0 heterocycles. The maximum absolute atomic E-state index is 12.3. The van der Waals surface area contributed by atoms with Crippen LogP contribution in [0.3, 0.4) is 0 Å². The number of hydrogen-bond donors (Lipinski definition) is 2. The molecule has 2 amide bonds. The van der Waals surface area contributed by atoms with Gasteiger partial charge in [0.1, 0.15) is 5.75 Å². The Balaban J connectivity index is 1.94. The Morgan fingerprint density at radius 1 is 1.07 bits per heavy atom. The van der Waals surface area contributed by atoms with Crippen LogP contribution in [0.1, 0.15) is 30.1 Å². The third-order valence-electron chi connectivity index (χ3n) is 3.89. The Hall–Kier alpha value is -3.02. The van der Waals surface area contributed by atoms with E-state index in [1.165, 1.54) is 4.90 Å². The monoisotopic (exact) mass is 369 g/mol. The lowest BCUT2D eigenvalue weighted by Crippen LogP contribution is -2.23. The van der Waals surface area contributed by atoms with Gasteiger partial charge in [0.05, 0.1) is 18.8 Å². The molecule has 6 heteroatoms. The molecule has 2 rings (SSSR count). The van der Waals surface area contributed by atoms with Crippen molar-refractivity contribution in [3.8, 4) is 5.75 Å². The summed E-state index contributed by atoms with van der Waals surface area (Å²) in [5.41, 5.74) is 1.93. The molecule has 27 heavy (non-hydrogen) atoms. The van der Waals surface area contributed by atoms with Crippen LogP contribution in [-0.4, -0.2) is 44.0 Å². The molecule has 0 bridgehead atoms. The van der Waals surface area contributed by atoms with E-state index >= 15 is 0 Å². The molecule has 0 aromatic heterocycles. The van der Waals surface area contributed by atoms with Gasteiger partial charge in [-0.1, -0.05) is 31.5 Å². The Labute approximate surface area is 160 Å². The Morgan fingerprint density at radius 3 is 2.59 bits per heavy atom. The molecule has 0 saturated carbocycles. The van der Waals surface area contributed by atoms with Gasteiger partial charge in [0.2, 0.25) is 5.91 Å². The van der Waals surface area contributed by atoms with Gasteiger partial charge in [0.15, 0.2) is 0 Å². The molecule has 0 spiro atoms. The van der Waals surface area contributed by atoms with Gasteiger partial charge < -0.3 is 20.3 Å². The van der Waals surface area contributed by atoms with Crippen molar-refractivity contribution in [1.29, 1.82) is 0 Å². The highest BCUT2D eigenvalue weighted by Gasteiger charge is 2.10. The lowest BCUT2D eigenvalue weighted by atomic mass is 10.2. The second-order valence-electron chi connectivity index (χ2n) is 6.38. The highest BCUT2D eigenvalue weighted by molar-refractivity contribution is 5.96. The van der Waals surface area contributed by atoms with Crippen LogP contribution in [0.15, 0.2) is 48.5 Å². The second-order valence-corrected chi connectivity index (χ2v) is 6.38. The summed E-state index contributed by atoms with van der Waals surface area (Å²) in [6.45, 7) is 2.81. The molecule has 144 valence electrons. The van der Waals surface area contributed by atoms with Crippen molar-refractivity contribution in [1.82, 2.24) is 4.90 Å². The molecule has 2 N–H and O–H groups in total. The molecule has 0 saturated heterocycles. The number of benzene rings is 2. The molecule has 0 aliphatic heterocycles. The number of nitrogens with zero attached hydrogens (tertiary/aromatic N) is 1. The molecular weight excluding hydrogens is 342 g/mol. The molecule has 2 aromatic carbocycles. The Kier molecular flexibility index (Phi) is 7.67. The number of carbonyl (C=O) groups excluding carboxylic acids is 2. The van der Waals surface area contributed by atoms with Gasteiger partial charge in [0, 0.05) is 25.3 Å². The maximum atomic E-state index is 12.3. The Bertz CT molecular complexity index is 775. The molecule has 6 nitrogen and oxygen atoms in total. The first-order valence-corrected chi connectivity index (χ1v) is 9.08. The van der Waals surface area contributed by atoms with Crippen molar-refractivity contribution in [3.05, 3.63) is 54.1 Å². The normalized spacial score (nSPS) is 10.2. The number of carbonyl (C=O) groups is 2.